The summed E-state index contributed by atoms with van der Waals surface area (Å²) in [6.07, 6.45) is 1.02. The largest absolute Gasteiger partial charge is 0.507 e. The first kappa shape index (κ1) is 18.5. The number of halogens is 1. The Balaban J connectivity index is 1.89. The zero-order valence-electron chi connectivity index (χ0n) is 13.2. The van der Waals surface area contributed by atoms with Crippen LogP contribution in [-0.4, -0.2) is 34.6 Å². The maximum absolute atomic E-state index is 13.0. The monoisotopic (exact) mass is 360 g/mol. The van der Waals surface area contributed by atoms with Gasteiger partial charge in [0.25, 0.3) is 17.5 Å². The van der Waals surface area contributed by atoms with Crippen molar-refractivity contribution in [1.82, 2.24) is 10.7 Å². The molecule has 0 bridgehead atoms. The smallest absolute Gasteiger partial charge is 0.270 e. The second-order valence-corrected chi connectivity index (χ2v) is 4.99. The fourth-order valence-electron chi connectivity index (χ4n) is 1.86. The molecule has 0 atom stereocenters. The van der Waals surface area contributed by atoms with Crippen molar-refractivity contribution in [2.75, 3.05) is 6.54 Å². The van der Waals surface area contributed by atoms with Crippen molar-refractivity contribution in [2.45, 2.75) is 0 Å². The fourth-order valence-corrected chi connectivity index (χ4v) is 1.86. The van der Waals surface area contributed by atoms with Gasteiger partial charge in [0.15, 0.2) is 0 Å². The minimum atomic E-state index is -0.684. The lowest BCUT2D eigenvalue weighted by Crippen LogP contribution is -2.34. The molecule has 134 valence electrons. The Kier molecular flexibility index (Phi) is 5.93. The second-order valence-electron chi connectivity index (χ2n) is 4.99. The van der Waals surface area contributed by atoms with E-state index in [1.807, 2.05) is 0 Å². The molecule has 0 radical (unpaired) electrons. The van der Waals surface area contributed by atoms with Gasteiger partial charge in [-0.05, 0) is 24.3 Å². The van der Waals surface area contributed by atoms with Gasteiger partial charge in [0.2, 0.25) is 0 Å². The van der Waals surface area contributed by atoms with E-state index in [2.05, 4.69) is 15.8 Å². The van der Waals surface area contributed by atoms with E-state index >= 15 is 0 Å². The predicted octanol–water partition coefficient (Wildman–Crippen LogP) is 1.32. The number of nitrogens with zero attached hydrogens (tertiary/aromatic N) is 2. The highest BCUT2D eigenvalue weighted by molar-refractivity contribution is 5.96. The topological polar surface area (TPSA) is 134 Å². The average Bonchev–Trinajstić information content (AvgIpc) is 2.61. The van der Waals surface area contributed by atoms with Crippen LogP contribution in [0.15, 0.2) is 47.6 Å². The van der Waals surface area contributed by atoms with Gasteiger partial charge in [0.1, 0.15) is 11.6 Å². The van der Waals surface area contributed by atoms with Crippen LogP contribution in [0.4, 0.5) is 10.1 Å². The van der Waals surface area contributed by atoms with Crippen molar-refractivity contribution in [2.24, 2.45) is 5.10 Å². The van der Waals surface area contributed by atoms with E-state index in [1.54, 1.807) is 0 Å². The third kappa shape index (κ3) is 5.09. The highest BCUT2D eigenvalue weighted by atomic mass is 19.1. The van der Waals surface area contributed by atoms with Crippen LogP contribution < -0.4 is 10.7 Å². The maximum Gasteiger partial charge on any atom is 0.270 e. The highest BCUT2D eigenvalue weighted by Crippen LogP contribution is 2.21. The number of hydrogen-bond acceptors (Lipinski definition) is 6. The number of nitro groups is 1. The number of rotatable bonds is 6. The Hall–Kier alpha value is -3.82. The molecular weight excluding hydrogens is 347 g/mol. The number of carbonyl (C=O) groups is 2. The number of nitro benzene ring substituents is 1. The number of phenolic OH excluding ortho intramolecular Hbond substituents is 1. The van der Waals surface area contributed by atoms with Gasteiger partial charge in [-0.3, -0.25) is 19.7 Å². The lowest BCUT2D eigenvalue weighted by Gasteiger charge is -2.04. The van der Waals surface area contributed by atoms with Gasteiger partial charge in [-0.2, -0.15) is 5.10 Å². The Morgan fingerprint density at radius 3 is 2.73 bits per heavy atom. The van der Waals surface area contributed by atoms with Crippen LogP contribution >= 0.6 is 0 Å². The summed E-state index contributed by atoms with van der Waals surface area (Å²) in [6, 6.07) is 8.28. The Morgan fingerprint density at radius 1 is 1.27 bits per heavy atom. The molecule has 0 saturated heterocycles. The van der Waals surface area contributed by atoms with Crippen LogP contribution in [0, 0.1) is 15.9 Å². The van der Waals surface area contributed by atoms with Crippen LogP contribution in [0.1, 0.15) is 15.9 Å². The van der Waals surface area contributed by atoms with E-state index in [4.69, 9.17) is 0 Å². The molecule has 2 aromatic rings. The minimum absolute atomic E-state index is 0.0308. The lowest BCUT2D eigenvalue weighted by molar-refractivity contribution is -0.384. The summed E-state index contributed by atoms with van der Waals surface area (Å²) in [6.45, 7) is -0.423. The predicted molar refractivity (Wildman–Crippen MR) is 89.2 cm³/mol. The van der Waals surface area contributed by atoms with Gasteiger partial charge >= 0.3 is 0 Å². The number of hydrogen-bond donors (Lipinski definition) is 3. The minimum Gasteiger partial charge on any atom is -0.507 e. The Bertz CT molecular complexity index is 885. The molecule has 26 heavy (non-hydrogen) atoms. The number of phenols is 1. The number of non-ortho nitro benzene ring substituents is 1. The highest BCUT2D eigenvalue weighted by Gasteiger charge is 2.10. The number of hydrazone groups is 1. The lowest BCUT2D eigenvalue weighted by atomic mass is 10.2. The zero-order chi connectivity index (χ0) is 19.1. The molecule has 0 aliphatic heterocycles. The molecule has 0 heterocycles. The third-order valence-corrected chi connectivity index (χ3v) is 3.11. The van der Waals surface area contributed by atoms with Gasteiger partial charge in [-0.1, -0.05) is 6.07 Å². The molecule has 9 nitrogen and oxygen atoms in total. The van der Waals surface area contributed by atoms with Gasteiger partial charge in [-0.15, -0.1) is 0 Å². The van der Waals surface area contributed by atoms with Crippen molar-refractivity contribution in [3.05, 3.63) is 69.5 Å². The SMILES string of the molecule is O=C(CNC(=O)c1cccc(F)c1)NN=Cc1cc([N+](=O)[O-])ccc1O. The summed E-state index contributed by atoms with van der Waals surface area (Å²) in [5.74, 6) is -2.16. The molecule has 10 heteroatoms. The quantitative estimate of drug-likeness (QED) is 0.406. The zero-order valence-corrected chi connectivity index (χ0v) is 13.2. The molecular formula is C16H13FN4O5. The number of nitrogens with one attached hydrogen (secondary N) is 2. The summed E-state index contributed by atoms with van der Waals surface area (Å²) < 4.78 is 13.0. The number of benzene rings is 2. The standard InChI is InChI=1S/C16H13FN4O5/c17-12-3-1-2-10(6-12)16(24)18-9-15(23)20-19-8-11-7-13(21(25)26)4-5-14(11)22/h1-8,22H,9H2,(H,18,24)(H,20,23). The number of aromatic hydroxyl groups is 1. The molecule has 0 unspecified atom stereocenters. The third-order valence-electron chi connectivity index (χ3n) is 3.11. The molecule has 0 aliphatic carbocycles. The first-order valence-electron chi connectivity index (χ1n) is 7.20. The summed E-state index contributed by atoms with van der Waals surface area (Å²) in [7, 11) is 0. The van der Waals surface area contributed by atoms with Crippen LogP contribution in [-0.2, 0) is 4.79 Å². The molecule has 0 aliphatic rings. The molecule has 2 aromatic carbocycles. The van der Waals surface area contributed by atoms with Crippen molar-refractivity contribution >= 4 is 23.7 Å². The molecule has 2 amide bonds. The van der Waals surface area contributed by atoms with E-state index < -0.39 is 29.1 Å². The van der Waals surface area contributed by atoms with Crippen LogP contribution in [0.2, 0.25) is 0 Å². The Morgan fingerprint density at radius 2 is 2.04 bits per heavy atom. The second kappa shape index (κ2) is 8.33. The van der Waals surface area contributed by atoms with Crippen molar-refractivity contribution in [1.29, 1.82) is 0 Å². The summed E-state index contributed by atoms with van der Waals surface area (Å²) in [4.78, 5) is 33.4. The number of amides is 2. The van der Waals surface area contributed by atoms with Gasteiger partial charge < -0.3 is 10.4 Å². The van der Waals surface area contributed by atoms with E-state index in [1.165, 1.54) is 18.2 Å². The normalized spacial score (nSPS) is 10.5. The number of carbonyl (C=O) groups excluding carboxylic acids is 2. The Labute approximate surface area is 146 Å². The van der Waals surface area contributed by atoms with E-state index in [-0.39, 0.29) is 22.6 Å². The van der Waals surface area contributed by atoms with Crippen LogP contribution in [0.25, 0.3) is 0 Å². The summed E-state index contributed by atoms with van der Waals surface area (Å²) in [5.41, 5.74) is 1.92. The van der Waals surface area contributed by atoms with Gasteiger partial charge in [0.05, 0.1) is 17.7 Å². The van der Waals surface area contributed by atoms with E-state index in [9.17, 15) is 29.2 Å². The molecule has 0 saturated carbocycles. The van der Waals surface area contributed by atoms with Gasteiger partial charge in [-0.25, -0.2) is 9.82 Å². The average molecular weight is 360 g/mol. The molecule has 3 N–H and O–H groups in total. The fraction of sp³-hybridized carbons (Fsp3) is 0.0625. The summed E-state index contributed by atoms with van der Waals surface area (Å²) >= 11 is 0. The van der Waals surface area contributed by atoms with Crippen molar-refractivity contribution < 1.29 is 24.0 Å². The maximum atomic E-state index is 13.0. The first-order chi connectivity index (χ1) is 12.4. The van der Waals surface area contributed by atoms with E-state index in [0.717, 1.165) is 30.5 Å². The van der Waals surface area contributed by atoms with Crippen LogP contribution in [0.5, 0.6) is 5.75 Å². The molecule has 0 fully saturated rings. The molecule has 0 aromatic heterocycles. The van der Waals surface area contributed by atoms with Gasteiger partial charge in [0, 0.05) is 23.3 Å². The summed E-state index contributed by atoms with van der Waals surface area (Å²) in [5, 5.41) is 26.1. The first-order valence-corrected chi connectivity index (χ1v) is 7.20. The van der Waals surface area contributed by atoms with Crippen molar-refractivity contribution in [3.8, 4) is 5.75 Å². The van der Waals surface area contributed by atoms with Crippen LogP contribution in [0.3, 0.4) is 0 Å². The molecule has 0 spiro atoms. The van der Waals surface area contributed by atoms with E-state index in [0.29, 0.717) is 0 Å². The van der Waals surface area contributed by atoms with Crippen molar-refractivity contribution in [3.63, 3.8) is 0 Å². The molecule has 2 rings (SSSR count).